The molecule has 2 nitrogen and oxygen atoms in total. The Morgan fingerprint density at radius 1 is 1.55 bits per heavy atom. The number of phenolic OH excluding ortho intramolecular Hbond substituents is 1. The zero-order chi connectivity index (χ0) is 8.43. The van der Waals surface area contributed by atoms with E-state index < -0.39 is 5.82 Å². The number of rotatable bonds is 0. The lowest BCUT2D eigenvalue weighted by atomic mass is 10.2. The molecule has 11 heavy (non-hydrogen) atoms. The van der Waals surface area contributed by atoms with E-state index in [0.29, 0.717) is 0 Å². The Morgan fingerprint density at radius 3 is 2.73 bits per heavy atom. The van der Waals surface area contributed by atoms with Gasteiger partial charge in [-0.3, -0.25) is 0 Å². The Hall–Kier alpha value is -0.830. The van der Waals surface area contributed by atoms with E-state index in [9.17, 15) is 4.39 Å². The van der Waals surface area contributed by atoms with Gasteiger partial charge in [0.2, 0.25) is 0 Å². The molecule has 0 aliphatic carbocycles. The first-order valence-corrected chi connectivity index (χ1v) is 3.81. The van der Waals surface area contributed by atoms with Gasteiger partial charge in [-0.05, 0) is 34.7 Å². The molecule has 0 heterocycles. The van der Waals surface area contributed by atoms with Crippen molar-refractivity contribution in [3.05, 3.63) is 27.1 Å². The second kappa shape index (κ2) is 3.05. The quantitative estimate of drug-likeness (QED) is 0.727. The highest BCUT2D eigenvalue weighted by molar-refractivity contribution is 14.1. The highest BCUT2D eigenvalue weighted by atomic mass is 127. The highest BCUT2D eigenvalue weighted by Crippen LogP contribution is 2.23. The summed E-state index contributed by atoms with van der Waals surface area (Å²) in [5.41, 5.74) is -0.0489. The van der Waals surface area contributed by atoms with Crippen LogP contribution in [0, 0.1) is 20.7 Å². The van der Waals surface area contributed by atoms with E-state index in [4.69, 9.17) is 10.4 Å². The molecule has 0 aliphatic rings. The van der Waals surface area contributed by atoms with E-state index in [1.807, 2.05) is 0 Å². The summed E-state index contributed by atoms with van der Waals surface area (Å²) in [6, 6.07) is 4.21. The fraction of sp³-hybridized carbons (Fsp3) is 0. The number of hydrogen-bond acceptors (Lipinski definition) is 2. The summed E-state index contributed by atoms with van der Waals surface area (Å²) in [6.07, 6.45) is 0. The molecular weight excluding hydrogens is 260 g/mol. The van der Waals surface area contributed by atoms with E-state index in [1.165, 1.54) is 12.1 Å². The predicted molar refractivity (Wildman–Crippen MR) is 45.5 cm³/mol. The van der Waals surface area contributed by atoms with Crippen LogP contribution in [-0.2, 0) is 0 Å². The SMILES string of the molecule is N#Cc1ccc(O)c(I)c1F. The lowest BCUT2D eigenvalue weighted by Crippen LogP contribution is -1.87. The molecule has 0 fully saturated rings. The normalized spacial score (nSPS) is 9.18. The first-order chi connectivity index (χ1) is 5.16. The van der Waals surface area contributed by atoms with Crippen LogP contribution in [-0.4, -0.2) is 5.11 Å². The fourth-order valence-electron chi connectivity index (χ4n) is 0.626. The van der Waals surface area contributed by atoms with Gasteiger partial charge < -0.3 is 5.11 Å². The summed E-state index contributed by atoms with van der Waals surface area (Å²) < 4.78 is 13.0. The second-order valence-corrected chi connectivity index (χ2v) is 2.95. The Morgan fingerprint density at radius 2 is 2.18 bits per heavy atom. The van der Waals surface area contributed by atoms with Gasteiger partial charge in [-0.15, -0.1) is 0 Å². The van der Waals surface area contributed by atoms with Gasteiger partial charge in [-0.25, -0.2) is 4.39 Å². The van der Waals surface area contributed by atoms with Gasteiger partial charge in [-0.2, -0.15) is 5.26 Å². The smallest absolute Gasteiger partial charge is 0.158 e. The third-order valence-electron chi connectivity index (χ3n) is 1.18. The van der Waals surface area contributed by atoms with Crippen molar-refractivity contribution in [1.82, 2.24) is 0 Å². The zero-order valence-electron chi connectivity index (χ0n) is 5.31. The summed E-state index contributed by atoms with van der Waals surface area (Å²) in [5, 5.41) is 17.3. The summed E-state index contributed by atoms with van der Waals surface area (Å²) in [4.78, 5) is 0. The number of hydrogen-bond donors (Lipinski definition) is 1. The molecule has 0 spiro atoms. The molecule has 0 aromatic heterocycles. The third kappa shape index (κ3) is 1.43. The van der Waals surface area contributed by atoms with Crippen LogP contribution >= 0.6 is 22.6 Å². The summed E-state index contributed by atoms with van der Waals surface area (Å²) in [5.74, 6) is -0.796. The minimum Gasteiger partial charge on any atom is -0.507 e. The lowest BCUT2D eigenvalue weighted by molar-refractivity contribution is 0.463. The van der Waals surface area contributed by atoms with Crippen molar-refractivity contribution in [3.63, 3.8) is 0 Å². The summed E-state index contributed by atoms with van der Waals surface area (Å²) >= 11 is 1.64. The molecule has 0 saturated carbocycles. The number of benzene rings is 1. The average Bonchev–Trinajstić information content (AvgIpc) is 2.01. The molecule has 0 bridgehead atoms. The van der Waals surface area contributed by atoms with Crippen molar-refractivity contribution in [2.24, 2.45) is 0 Å². The molecule has 0 saturated heterocycles. The van der Waals surface area contributed by atoms with Crippen LogP contribution in [0.3, 0.4) is 0 Å². The number of nitrogens with zero attached hydrogens (tertiary/aromatic N) is 1. The lowest BCUT2D eigenvalue weighted by Gasteiger charge is -1.98. The highest BCUT2D eigenvalue weighted by Gasteiger charge is 2.08. The minimum absolute atomic E-state index is 0.0489. The molecule has 4 heteroatoms. The van der Waals surface area contributed by atoms with Crippen LogP contribution in [0.5, 0.6) is 5.75 Å². The van der Waals surface area contributed by atoms with Crippen molar-refractivity contribution < 1.29 is 9.50 Å². The molecule has 0 radical (unpaired) electrons. The predicted octanol–water partition coefficient (Wildman–Crippen LogP) is 2.01. The van der Waals surface area contributed by atoms with Gasteiger partial charge in [0, 0.05) is 0 Å². The third-order valence-corrected chi connectivity index (χ3v) is 2.21. The van der Waals surface area contributed by atoms with Gasteiger partial charge in [0.25, 0.3) is 0 Å². The zero-order valence-corrected chi connectivity index (χ0v) is 7.46. The molecule has 1 aromatic rings. The topological polar surface area (TPSA) is 44.0 Å². The largest absolute Gasteiger partial charge is 0.507 e. The maximum atomic E-state index is 12.9. The molecule has 0 unspecified atom stereocenters. The molecule has 1 aromatic carbocycles. The van der Waals surface area contributed by atoms with Crippen LogP contribution in [0.25, 0.3) is 0 Å². The van der Waals surface area contributed by atoms with Crippen LogP contribution in [0.2, 0.25) is 0 Å². The van der Waals surface area contributed by atoms with E-state index in [0.717, 1.165) is 0 Å². The van der Waals surface area contributed by atoms with E-state index in [2.05, 4.69) is 0 Å². The van der Waals surface area contributed by atoms with Crippen molar-refractivity contribution in [2.75, 3.05) is 0 Å². The number of aromatic hydroxyl groups is 1. The molecule has 0 amide bonds. The molecule has 0 aliphatic heterocycles. The van der Waals surface area contributed by atoms with Gasteiger partial charge in [-0.1, -0.05) is 0 Å². The average molecular weight is 263 g/mol. The van der Waals surface area contributed by atoms with Crippen molar-refractivity contribution in [2.45, 2.75) is 0 Å². The van der Waals surface area contributed by atoms with E-state index in [1.54, 1.807) is 28.7 Å². The number of halogens is 2. The Balaban J connectivity index is 3.40. The monoisotopic (exact) mass is 263 g/mol. The van der Waals surface area contributed by atoms with Crippen molar-refractivity contribution in [1.29, 1.82) is 5.26 Å². The number of phenols is 1. The standard InChI is InChI=1S/C7H3FINO/c8-6-4(3-10)1-2-5(11)7(6)9/h1-2,11H. The fourth-order valence-corrected chi connectivity index (χ4v) is 1.10. The number of nitriles is 1. The summed E-state index contributed by atoms with van der Waals surface area (Å²) in [7, 11) is 0. The van der Waals surface area contributed by atoms with Crippen LogP contribution in [0.1, 0.15) is 5.56 Å². The minimum atomic E-state index is -0.659. The maximum absolute atomic E-state index is 12.9. The second-order valence-electron chi connectivity index (χ2n) is 1.87. The van der Waals surface area contributed by atoms with Gasteiger partial charge in [0.1, 0.15) is 11.8 Å². The van der Waals surface area contributed by atoms with Gasteiger partial charge >= 0.3 is 0 Å². The van der Waals surface area contributed by atoms with Gasteiger partial charge in [0.05, 0.1) is 9.13 Å². The van der Waals surface area contributed by atoms with Crippen LogP contribution in [0.15, 0.2) is 12.1 Å². The Labute approximate surface area is 76.4 Å². The molecule has 1 N–H and O–H groups in total. The molecule has 56 valence electrons. The van der Waals surface area contributed by atoms with Crippen molar-refractivity contribution >= 4 is 22.6 Å². The van der Waals surface area contributed by atoms with Gasteiger partial charge in [0.15, 0.2) is 5.82 Å². The molecule has 1 rings (SSSR count). The first-order valence-electron chi connectivity index (χ1n) is 2.74. The molecular formula is C7H3FINO. The van der Waals surface area contributed by atoms with Crippen LogP contribution < -0.4 is 0 Å². The first kappa shape index (κ1) is 8.27. The Kier molecular flexibility index (Phi) is 2.29. The maximum Gasteiger partial charge on any atom is 0.158 e. The Bertz CT molecular complexity index is 332. The summed E-state index contributed by atoms with van der Waals surface area (Å²) in [6.45, 7) is 0. The molecule has 0 atom stereocenters. The van der Waals surface area contributed by atoms with E-state index in [-0.39, 0.29) is 14.9 Å². The van der Waals surface area contributed by atoms with Crippen molar-refractivity contribution in [3.8, 4) is 11.8 Å². The van der Waals surface area contributed by atoms with E-state index >= 15 is 0 Å². The van der Waals surface area contributed by atoms with Crippen LogP contribution in [0.4, 0.5) is 4.39 Å².